The molecule has 3 aliphatic rings. The molecule has 2 nitrogen and oxygen atoms in total. The number of benzene rings is 1. The van der Waals surface area contributed by atoms with Gasteiger partial charge in [0.1, 0.15) is 0 Å². The maximum Gasteiger partial charge on any atom is 0.0852 e. The van der Waals surface area contributed by atoms with Crippen molar-refractivity contribution in [3.8, 4) is 6.07 Å². The molecule has 1 spiro atoms. The molecule has 1 saturated heterocycles. The number of ether oxygens (including phenoxy) is 1. The summed E-state index contributed by atoms with van der Waals surface area (Å²) < 4.78 is 6.46. The molecule has 0 amide bonds. The van der Waals surface area contributed by atoms with Crippen LogP contribution in [0.1, 0.15) is 62.5 Å². The van der Waals surface area contributed by atoms with E-state index in [1.807, 2.05) is 0 Å². The van der Waals surface area contributed by atoms with Crippen molar-refractivity contribution in [2.24, 2.45) is 0 Å². The van der Waals surface area contributed by atoms with E-state index < -0.39 is 0 Å². The minimum atomic E-state index is -0.300. The molecule has 2 heteroatoms. The van der Waals surface area contributed by atoms with E-state index in [1.54, 1.807) is 0 Å². The van der Waals surface area contributed by atoms with E-state index in [0.717, 1.165) is 25.7 Å². The quantitative estimate of drug-likeness (QED) is 0.810. The zero-order valence-corrected chi connectivity index (χ0v) is 12.6. The number of fused-ring (bicyclic) bond motifs is 1. The minimum absolute atomic E-state index is 0.180. The van der Waals surface area contributed by atoms with Crippen molar-refractivity contribution >= 4 is 0 Å². The highest BCUT2D eigenvalue weighted by molar-refractivity contribution is 5.44. The normalized spacial score (nSPS) is 33.2. The fraction of sp³-hybridized carbons (Fsp3) is 0.632. The Balaban J connectivity index is 1.55. The van der Waals surface area contributed by atoms with E-state index in [2.05, 4.69) is 30.3 Å². The molecule has 4 rings (SSSR count). The minimum Gasteiger partial charge on any atom is -0.372 e. The predicted molar refractivity (Wildman–Crippen MR) is 82.0 cm³/mol. The highest BCUT2D eigenvalue weighted by atomic mass is 16.5. The Morgan fingerprint density at radius 3 is 2.76 bits per heavy atom. The fourth-order valence-corrected chi connectivity index (χ4v) is 4.88. The number of nitriles is 1. The molecule has 0 aromatic heterocycles. The zero-order chi connectivity index (χ0) is 14.3. The molecule has 110 valence electrons. The van der Waals surface area contributed by atoms with Gasteiger partial charge < -0.3 is 4.74 Å². The summed E-state index contributed by atoms with van der Waals surface area (Å²) in [7, 11) is 0. The average molecular weight is 281 g/mol. The summed E-state index contributed by atoms with van der Waals surface area (Å²) in [6.45, 7) is 0. The van der Waals surface area contributed by atoms with E-state index in [0.29, 0.717) is 0 Å². The third-order valence-electron chi connectivity index (χ3n) is 6.00. The monoisotopic (exact) mass is 281 g/mol. The Kier molecular flexibility index (Phi) is 3.08. The van der Waals surface area contributed by atoms with Gasteiger partial charge in [-0.15, -0.1) is 0 Å². The molecule has 1 aromatic rings. The molecule has 2 unspecified atom stereocenters. The van der Waals surface area contributed by atoms with Gasteiger partial charge in [-0.3, -0.25) is 0 Å². The van der Waals surface area contributed by atoms with E-state index in [-0.39, 0.29) is 17.1 Å². The predicted octanol–water partition coefficient (Wildman–Crippen LogP) is 4.28. The number of aryl methyl sites for hydroxylation is 1. The third kappa shape index (κ3) is 2.10. The molecule has 1 aromatic carbocycles. The first-order valence-corrected chi connectivity index (χ1v) is 8.43. The maximum atomic E-state index is 9.87. The van der Waals surface area contributed by atoms with Crippen LogP contribution >= 0.6 is 0 Å². The molecule has 0 N–H and O–H groups in total. The molecule has 1 heterocycles. The van der Waals surface area contributed by atoms with Gasteiger partial charge in [-0.05, 0) is 56.1 Å². The standard InChI is InChI=1S/C19H23NO/c20-14-18(11-7-15-5-1-2-6-17(15)18)13-16-8-12-19(21-16)9-3-4-10-19/h1-2,5-6,16H,3-4,7-13H2. The summed E-state index contributed by atoms with van der Waals surface area (Å²) in [5.41, 5.74) is 2.52. The Morgan fingerprint density at radius 1 is 1.14 bits per heavy atom. The molecule has 1 aliphatic heterocycles. The van der Waals surface area contributed by atoms with Crippen LogP contribution in [0, 0.1) is 11.3 Å². The van der Waals surface area contributed by atoms with Crippen molar-refractivity contribution in [3.63, 3.8) is 0 Å². The third-order valence-corrected chi connectivity index (χ3v) is 6.00. The Labute approximate surface area is 127 Å². The maximum absolute atomic E-state index is 9.87. The lowest BCUT2D eigenvalue weighted by Crippen LogP contribution is -2.30. The molecular weight excluding hydrogens is 258 g/mol. The number of hydrogen-bond acceptors (Lipinski definition) is 2. The van der Waals surface area contributed by atoms with Gasteiger partial charge in [0.15, 0.2) is 0 Å². The van der Waals surface area contributed by atoms with Crippen LogP contribution < -0.4 is 0 Å². The average Bonchev–Trinajstić information content (AvgIpc) is 3.22. The lowest BCUT2D eigenvalue weighted by Gasteiger charge is -2.28. The summed E-state index contributed by atoms with van der Waals surface area (Å²) in [6.07, 6.45) is 10.7. The van der Waals surface area contributed by atoms with Gasteiger partial charge in [0.05, 0.1) is 23.2 Å². The van der Waals surface area contributed by atoms with Crippen LogP contribution in [0.5, 0.6) is 0 Å². The summed E-state index contributed by atoms with van der Waals surface area (Å²) in [6, 6.07) is 11.2. The number of rotatable bonds is 2. The van der Waals surface area contributed by atoms with Gasteiger partial charge in [-0.25, -0.2) is 0 Å². The lowest BCUT2D eigenvalue weighted by molar-refractivity contribution is -0.0439. The molecule has 21 heavy (non-hydrogen) atoms. The van der Waals surface area contributed by atoms with Gasteiger partial charge in [0.25, 0.3) is 0 Å². The van der Waals surface area contributed by atoms with E-state index >= 15 is 0 Å². The largest absolute Gasteiger partial charge is 0.372 e. The second-order valence-electron chi connectivity index (χ2n) is 7.22. The number of hydrogen-bond donors (Lipinski definition) is 0. The van der Waals surface area contributed by atoms with Gasteiger partial charge in [-0.1, -0.05) is 37.1 Å². The lowest BCUT2D eigenvalue weighted by atomic mass is 9.78. The molecule has 0 bridgehead atoms. The van der Waals surface area contributed by atoms with E-state index in [9.17, 15) is 5.26 Å². The molecule has 2 atom stereocenters. The Hall–Kier alpha value is -1.33. The van der Waals surface area contributed by atoms with Crippen LogP contribution in [-0.4, -0.2) is 11.7 Å². The van der Waals surface area contributed by atoms with Gasteiger partial charge in [0.2, 0.25) is 0 Å². The van der Waals surface area contributed by atoms with Crippen LogP contribution in [0.2, 0.25) is 0 Å². The van der Waals surface area contributed by atoms with Crippen LogP contribution in [-0.2, 0) is 16.6 Å². The summed E-state index contributed by atoms with van der Waals surface area (Å²) >= 11 is 0. The second kappa shape index (κ2) is 4.85. The van der Waals surface area contributed by atoms with Crippen molar-refractivity contribution in [3.05, 3.63) is 35.4 Å². The topological polar surface area (TPSA) is 33.0 Å². The fourth-order valence-electron chi connectivity index (χ4n) is 4.88. The summed E-state index contributed by atoms with van der Waals surface area (Å²) in [5, 5.41) is 9.87. The molecular formula is C19H23NO. The SMILES string of the molecule is N#CC1(CC2CCC3(CCCC3)O2)CCc2ccccc21. The molecule has 0 radical (unpaired) electrons. The van der Waals surface area contributed by atoms with Gasteiger partial charge in [0, 0.05) is 0 Å². The van der Waals surface area contributed by atoms with Gasteiger partial charge >= 0.3 is 0 Å². The molecule has 2 fully saturated rings. The van der Waals surface area contributed by atoms with Gasteiger partial charge in [-0.2, -0.15) is 5.26 Å². The summed E-state index contributed by atoms with van der Waals surface area (Å²) in [4.78, 5) is 0. The van der Waals surface area contributed by atoms with Crippen LogP contribution in [0.4, 0.5) is 0 Å². The van der Waals surface area contributed by atoms with Crippen molar-refractivity contribution in [1.29, 1.82) is 5.26 Å². The summed E-state index contributed by atoms with van der Waals surface area (Å²) in [5.74, 6) is 0. The van der Waals surface area contributed by atoms with Crippen LogP contribution in [0.3, 0.4) is 0 Å². The zero-order valence-electron chi connectivity index (χ0n) is 12.6. The van der Waals surface area contributed by atoms with Crippen molar-refractivity contribution in [1.82, 2.24) is 0 Å². The highest BCUT2D eigenvalue weighted by Crippen LogP contribution is 2.48. The second-order valence-corrected chi connectivity index (χ2v) is 7.22. The van der Waals surface area contributed by atoms with Crippen LogP contribution in [0.15, 0.2) is 24.3 Å². The van der Waals surface area contributed by atoms with Crippen molar-refractivity contribution in [2.45, 2.75) is 74.9 Å². The first kappa shape index (κ1) is 13.3. The van der Waals surface area contributed by atoms with E-state index in [4.69, 9.17) is 4.74 Å². The molecule has 2 aliphatic carbocycles. The highest BCUT2D eigenvalue weighted by Gasteiger charge is 2.47. The Morgan fingerprint density at radius 2 is 1.95 bits per heavy atom. The first-order chi connectivity index (χ1) is 10.3. The van der Waals surface area contributed by atoms with Crippen molar-refractivity contribution < 1.29 is 4.74 Å². The first-order valence-electron chi connectivity index (χ1n) is 8.43. The van der Waals surface area contributed by atoms with E-state index in [1.165, 1.54) is 43.2 Å². The van der Waals surface area contributed by atoms with Crippen molar-refractivity contribution in [2.75, 3.05) is 0 Å². The Bertz CT molecular complexity index is 581. The molecule has 1 saturated carbocycles. The smallest absolute Gasteiger partial charge is 0.0852 e. The van der Waals surface area contributed by atoms with Crippen LogP contribution in [0.25, 0.3) is 0 Å². The number of nitrogens with zero attached hydrogens (tertiary/aromatic N) is 1.